The third-order valence-electron chi connectivity index (χ3n) is 5.37. The smallest absolute Gasteiger partial charge is 0.0576 e. The Morgan fingerprint density at radius 3 is 2.30 bits per heavy atom. The van der Waals surface area contributed by atoms with Crippen molar-refractivity contribution >= 4 is 0 Å². The fraction of sp³-hybridized carbons (Fsp3) is 1.00. The first-order valence-electron chi connectivity index (χ1n) is 8.76. The van der Waals surface area contributed by atoms with Gasteiger partial charge in [-0.2, -0.15) is 0 Å². The van der Waals surface area contributed by atoms with Crippen molar-refractivity contribution < 1.29 is 4.74 Å². The van der Waals surface area contributed by atoms with Crippen molar-refractivity contribution in [3.63, 3.8) is 0 Å². The van der Waals surface area contributed by atoms with Gasteiger partial charge in [-0.3, -0.25) is 4.90 Å². The van der Waals surface area contributed by atoms with E-state index in [1.807, 2.05) is 0 Å². The van der Waals surface area contributed by atoms with Gasteiger partial charge in [-0.1, -0.05) is 27.7 Å². The highest BCUT2D eigenvalue weighted by Crippen LogP contribution is 2.30. The van der Waals surface area contributed by atoms with Crippen LogP contribution in [0.5, 0.6) is 0 Å². The van der Waals surface area contributed by atoms with E-state index in [2.05, 4.69) is 32.6 Å². The van der Waals surface area contributed by atoms with Crippen LogP contribution >= 0.6 is 0 Å². The van der Waals surface area contributed by atoms with E-state index < -0.39 is 0 Å². The largest absolute Gasteiger partial charge is 0.378 e. The molecule has 0 radical (unpaired) electrons. The summed E-state index contributed by atoms with van der Waals surface area (Å²) in [4.78, 5) is 2.57. The van der Waals surface area contributed by atoms with E-state index in [0.29, 0.717) is 6.10 Å². The van der Waals surface area contributed by atoms with E-state index in [0.717, 1.165) is 39.0 Å². The first-order chi connectivity index (χ1) is 9.64. The topological polar surface area (TPSA) is 38.5 Å². The van der Waals surface area contributed by atoms with Crippen molar-refractivity contribution in [1.29, 1.82) is 0 Å². The molecule has 2 atom stereocenters. The zero-order valence-electron chi connectivity index (χ0n) is 14.2. The zero-order valence-corrected chi connectivity index (χ0v) is 14.2. The number of hydrogen-bond acceptors (Lipinski definition) is 3. The molecule has 20 heavy (non-hydrogen) atoms. The Hall–Kier alpha value is -0.120. The summed E-state index contributed by atoms with van der Waals surface area (Å²) in [6.45, 7) is 12.2. The minimum absolute atomic E-state index is 0.181. The minimum atomic E-state index is 0.181. The summed E-state index contributed by atoms with van der Waals surface area (Å²) in [5.41, 5.74) is 6.81. The van der Waals surface area contributed by atoms with E-state index in [-0.39, 0.29) is 11.6 Å². The monoisotopic (exact) mass is 284 g/mol. The Kier molecular flexibility index (Phi) is 8.08. The second-order valence-corrected chi connectivity index (χ2v) is 6.16. The van der Waals surface area contributed by atoms with Gasteiger partial charge in [0.25, 0.3) is 0 Å². The van der Waals surface area contributed by atoms with Crippen molar-refractivity contribution in [3.8, 4) is 0 Å². The molecule has 0 aromatic carbocycles. The Bertz CT molecular complexity index is 243. The number of nitrogens with two attached hydrogens (primary N) is 1. The van der Waals surface area contributed by atoms with E-state index in [9.17, 15) is 0 Å². The highest BCUT2D eigenvalue weighted by atomic mass is 16.5. The van der Waals surface area contributed by atoms with E-state index in [1.54, 1.807) is 0 Å². The maximum absolute atomic E-state index is 6.63. The summed E-state index contributed by atoms with van der Waals surface area (Å²) in [7, 11) is 0. The molecule has 1 saturated heterocycles. The molecule has 120 valence electrons. The second kappa shape index (κ2) is 9.01. The predicted molar refractivity (Wildman–Crippen MR) is 87.0 cm³/mol. The van der Waals surface area contributed by atoms with Crippen LogP contribution in [0, 0.1) is 0 Å². The summed E-state index contributed by atoms with van der Waals surface area (Å²) in [5, 5.41) is 0. The number of ether oxygens (including phenoxy) is 1. The molecular formula is C17H36N2O. The summed E-state index contributed by atoms with van der Waals surface area (Å²) < 4.78 is 5.71. The van der Waals surface area contributed by atoms with Crippen molar-refractivity contribution in [2.75, 3.05) is 19.7 Å². The van der Waals surface area contributed by atoms with Crippen LogP contribution in [0.1, 0.15) is 72.6 Å². The zero-order chi connectivity index (χ0) is 15.0. The van der Waals surface area contributed by atoms with Crippen LogP contribution < -0.4 is 5.73 Å². The molecular weight excluding hydrogens is 248 g/mol. The maximum atomic E-state index is 6.63. The highest BCUT2D eigenvalue weighted by Gasteiger charge is 2.37. The van der Waals surface area contributed by atoms with Gasteiger partial charge in [0, 0.05) is 18.2 Å². The highest BCUT2D eigenvalue weighted by molar-refractivity contribution is 4.96. The van der Waals surface area contributed by atoms with Gasteiger partial charge in [-0.15, -0.1) is 0 Å². The van der Waals surface area contributed by atoms with Gasteiger partial charge in [0.05, 0.1) is 6.10 Å². The molecule has 1 fully saturated rings. The predicted octanol–water partition coefficient (Wildman–Crippen LogP) is 3.56. The van der Waals surface area contributed by atoms with Crippen LogP contribution in [0.4, 0.5) is 0 Å². The Labute approximate surface area is 126 Å². The molecule has 0 spiro atoms. The maximum Gasteiger partial charge on any atom is 0.0576 e. The SMILES string of the molecule is CCN(CC)C(CC)(CC)C(N)CCCC1CCCO1. The van der Waals surface area contributed by atoms with Crippen LogP contribution in [0.2, 0.25) is 0 Å². The van der Waals surface area contributed by atoms with Gasteiger partial charge in [-0.05, 0) is 58.0 Å². The Morgan fingerprint density at radius 2 is 1.85 bits per heavy atom. The van der Waals surface area contributed by atoms with Crippen molar-refractivity contribution in [2.24, 2.45) is 5.73 Å². The van der Waals surface area contributed by atoms with E-state index in [4.69, 9.17) is 10.5 Å². The average molecular weight is 284 g/mol. The Balaban J connectivity index is 2.51. The molecule has 0 amide bonds. The summed E-state index contributed by atoms with van der Waals surface area (Å²) in [5.74, 6) is 0. The molecule has 0 bridgehead atoms. The molecule has 0 aliphatic carbocycles. The standard InChI is InChI=1S/C17H36N2O/c1-5-17(6-2,19(7-3)8-4)16(18)13-9-11-15-12-10-14-20-15/h15-16H,5-14,18H2,1-4H3. The molecule has 0 aromatic rings. The quantitative estimate of drug-likeness (QED) is 0.666. The lowest BCUT2D eigenvalue weighted by atomic mass is 9.80. The molecule has 2 unspecified atom stereocenters. The van der Waals surface area contributed by atoms with Crippen molar-refractivity contribution in [3.05, 3.63) is 0 Å². The summed E-state index contributed by atoms with van der Waals surface area (Å²) in [6.07, 6.45) is 8.80. The molecule has 1 rings (SSSR count). The van der Waals surface area contributed by atoms with Gasteiger partial charge in [0.1, 0.15) is 0 Å². The second-order valence-electron chi connectivity index (χ2n) is 6.16. The molecule has 2 N–H and O–H groups in total. The lowest BCUT2D eigenvalue weighted by molar-refractivity contribution is 0.0555. The van der Waals surface area contributed by atoms with Gasteiger partial charge in [0.15, 0.2) is 0 Å². The summed E-state index contributed by atoms with van der Waals surface area (Å²) >= 11 is 0. The van der Waals surface area contributed by atoms with Crippen LogP contribution in [-0.2, 0) is 4.74 Å². The van der Waals surface area contributed by atoms with Crippen LogP contribution in [0.15, 0.2) is 0 Å². The van der Waals surface area contributed by atoms with Crippen LogP contribution in [0.25, 0.3) is 0 Å². The first-order valence-corrected chi connectivity index (χ1v) is 8.76. The van der Waals surface area contributed by atoms with Gasteiger partial charge < -0.3 is 10.5 Å². The average Bonchev–Trinajstić information content (AvgIpc) is 2.98. The van der Waals surface area contributed by atoms with Crippen molar-refractivity contribution in [1.82, 2.24) is 4.90 Å². The number of likely N-dealkylation sites (N-methyl/N-ethyl adjacent to an activating group) is 1. The van der Waals surface area contributed by atoms with Crippen LogP contribution in [-0.4, -0.2) is 42.3 Å². The van der Waals surface area contributed by atoms with Gasteiger partial charge >= 0.3 is 0 Å². The first kappa shape index (κ1) is 17.9. The minimum Gasteiger partial charge on any atom is -0.378 e. The Morgan fingerprint density at radius 1 is 1.20 bits per heavy atom. The van der Waals surface area contributed by atoms with Gasteiger partial charge in [0.2, 0.25) is 0 Å². The van der Waals surface area contributed by atoms with E-state index >= 15 is 0 Å². The molecule has 1 aliphatic rings. The molecule has 3 nitrogen and oxygen atoms in total. The lowest BCUT2D eigenvalue weighted by Crippen LogP contribution is -2.59. The molecule has 0 aromatic heterocycles. The number of nitrogens with zero attached hydrogens (tertiary/aromatic N) is 1. The summed E-state index contributed by atoms with van der Waals surface area (Å²) in [6, 6.07) is 0.277. The van der Waals surface area contributed by atoms with Crippen LogP contribution in [0.3, 0.4) is 0 Å². The normalized spacial score (nSPS) is 21.6. The fourth-order valence-corrected chi connectivity index (χ4v) is 4.02. The van der Waals surface area contributed by atoms with E-state index in [1.165, 1.54) is 25.7 Å². The number of hydrogen-bond donors (Lipinski definition) is 1. The van der Waals surface area contributed by atoms with Crippen molar-refractivity contribution in [2.45, 2.75) is 90.3 Å². The molecule has 3 heteroatoms. The fourth-order valence-electron chi connectivity index (χ4n) is 4.02. The molecule has 1 aliphatic heterocycles. The number of rotatable bonds is 10. The van der Waals surface area contributed by atoms with Gasteiger partial charge in [-0.25, -0.2) is 0 Å². The molecule has 1 heterocycles. The third kappa shape index (κ3) is 4.19. The lowest BCUT2D eigenvalue weighted by Gasteiger charge is -2.46. The molecule has 0 saturated carbocycles. The third-order valence-corrected chi connectivity index (χ3v) is 5.37.